The van der Waals surface area contributed by atoms with E-state index in [4.69, 9.17) is 4.74 Å². The molecule has 1 heterocycles. The monoisotopic (exact) mass is 335 g/mol. The molecule has 1 aliphatic heterocycles. The van der Waals surface area contributed by atoms with Crippen LogP contribution in [0.1, 0.15) is 18.4 Å². The summed E-state index contributed by atoms with van der Waals surface area (Å²) in [5, 5.41) is 12.5. The van der Waals surface area contributed by atoms with Gasteiger partial charge in [-0.3, -0.25) is 4.79 Å². The Labute approximate surface area is 142 Å². The topological polar surface area (TPSA) is 82.1 Å². The molecule has 3 amide bonds. The number of hydrogen-bond donors (Lipinski definition) is 2. The zero-order valence-electron chi connectivity index (χ0n) is 14.2. The summed E-state index contributed by atoms with van der Waals surface area (Å²) in [4.78, 5) is 27.1. The van der Waals surface area contributed by atoms with Crippen LogP contribution in [0.4, 0.5) is 10.5 Å². The van der Waals surface area contributed by atoms with Gasteiger partial charge in [0.1, 0.15) is 0 Å². The number of aliphatic hydroxyl groups excluding tert-OH is 1. The molecule has 0 saturated carbocycles. The second kappa shape index (κ2) is 8.65. The third-order valence-corrected chi connectivity index (χ3v) is 3.93. The molecule has 0 radical (unpaired) electrons. The van der Waals surface area contributed by atoms with Crippen LogP contribution in [-0.4, -0.2) is 61.9 Å². The first-order valence-corrected chi connectivity index (χ1v) is 8.06. The summed E-state index contributed by atoms with van der Waals surface area (Å²) >= 11 is 0. The maximum atomic E-state index is 12.0. The molecule has 0 spiro atoms. The van der Waals surface area contributed by atoms with E-state index in [2.05, 4.69) is 5.32 Å². The highest BCUT2D eigenvalue weighted by Gasteiger charge is 2.21. The Morgan fingerprint density at radius 2 is 2.29 bits per heavy atom. The first-order valence-electron chi connectivity index (χ1n) is 8.06. The first-order chi connectivity index (χ1) is 11.5. The smallest absolute Gasteiger partial charge is 0.317 e. The van der Waals surface area contributed by atoms with Gasteiger partial charge in [0.2, 0.25) is 5.91 Å². The fourth-order valence-electron chi connectivity index (χ4n) is 2.71. The molecular weight excluding hydrogens is 310 g/mol. The molecule has 132 valence electrons. The Morgan fingerprint density at radius 1 is 1.50 bits per heavy atom. The summed E-state index contributed by atoms with van der Waals surface area (Å²) in [6, 6.07) is 7.34. The van der Waals surface area contributed by atoms with Crippen molar-refractivity contribution in [3.63, 3.8) is 0 Å². The third-order valence-electron chi connectivity index (χ3n) is 3.93. The Morgan fingerprint density at radius 3 is 2.96 bits per heavy atom. The zero-order chi connectivity index (χ0) is 17.5. The highest BCUT2D eigenvalue weighted by Crippen LogP contribution is 2.22. The van der Waals surface area contributed by atoms with Gasteiger partial charge in [0, 0.05) is 39.4 Å². The van der Waals surface area contributed by atoms with Gasteiger partial charge in [-0.2, -0.15) is 0 Å². The molecule has 1 aliphatic rings. The lowest BCUT2D eigenvalue weighted by atomic mass is 10.2. The van der Waals surface area contributed by atoms with Crippen molar-refractivity contribution in [1.82, 2.24) is 10.2 Å². The summed E-state index contributed by atoms with van der Waals surface area (Å²) in [7, 11) is 3.12. The van der Waals surface area contributed by atoms with Gasteiger partial charge in [-0.15, -0.1) is 0 Å². The zero-order valence-corrected chi connectivity index (χ0v) is 14.2. The van der Waals surface area contributed by atoms with Crippen LogP contribution in [0.25, 0.3) is 0 Å². The predicted molar refractivity (Wildman–Crippen MR) is 90.8 cm³/mol. The van der Waals surface area contributed by atoms with E-state index in [0.717, 1.165) is 24.2 Å². The van der Waals surface area contributed by atoms with Crippen LogP contribution < -0.4 is 10.2 Å². The summed E-state index contributed by atoms with van der Waals surface area (Å²) in [5.74, 6) is 0.142. The highest BCUT2D eigenvalue weighted by atomic mass is 16.5. The number of anilines is 1. The van der Waals surface area contributed by atoms with Crippen LogP contribution in [0.5, 0.6) is 0 Å². The molecule has 1 atom stereocenters. The number of hydrogen-bond acceptors (Lipinski definition) is 4. The van der Waals surface area contributed by atoms with Crippen molar-refractivity contribution in [2.45, 2.75) is 25.5 Å². The van der Waals surface area contributed by atoms with Crippen molar-refractivity contribution < 1.29 is 19.4 Å². The van der Waals surface area contributed by atoms with E-state index in [1.165, 1.54) is 12.0 Å². The lowest BCUT2D eigenvalue weighted by Crippen LogP contribution is -2.42. The fourth-order valence-corrected chi connectivity index (χ4v) is 2.71. The van der Waals surface area contributed by atoms with Gasteiger partial charge in [0.25, 0.3) is 0 Å². The van der Waals surface area contributed by atoms with Crippen LogP contribution >= 0.6 is 0 Å². The number of ether oxygens (including phenoxy) is 1. The minimum atomic E-state index is -0.713. The van der Waals surface area contributed by atoms with E-state index in [1.807, 2.05) is 24.3 Å². The Balaban J connectivity index is 1.87. The lowest BCUT2D eigenvalue weighted by Gasteiger charge is -2.21. The quantitative estimate of drug-likeness (QED) is 0.778. The molecule has 2 N–H and O–H groups in total. The van der Waals surface area contributed by atoms with Crippen molar-refractivity contribution in [3.8, 4) is 0 Å². The van der Waals surface area contributed by atoms with Crippen molar-refractivity contribution in [3.05, 3.63) is 29.8 Å². The van der Waals surface area contributed by atoms with Crippen molar-refractivity contribution in [2.75, 3.05) is 38.8 Å². The van der Waals surface area contributed by atoms with Crippen LogP contribution in [0.2, 0.25) is 0 Å². The minimum Gasteiger partial charge on any atom is -0.389 e. The maximum absolute atomic E-state index is 12.0. The van der Waals surface area contributed by atoms with Gasteiger partial charge < -0.3 is 25.0 Å². The number of carbonyl (C=O) groups excluding carboxylic acids is 2. The number of amides is 3. The van der Waals surface area contributed by atoms with E-state index in [0.29, 0.717) is 13.0 Å². The predicted octanol–water partition coefficient (Wildman–Crippen LogP) is 0.962. The average molecular weight is 335 g/mol. The minimum absolute atomic E-state index is 0.142. The van der Waals surface area contributed by atoms with Gasteiger partial charge in [-0.1, -0.05) is 12.1 Å². The molecule has 1 aromatic carbocycles. The van der Waals surface area contributed by atoms with Crippen molar-refractivity contribution in [1.29, 1.82) is 0 Å². The summed E-state index contributed by atoms with van der Waals surface area (Å²) in [6.45, 7) is 1.49. The van der Waals surface area contributed by atoms with E-state index in [9.17, 15) is 14.7 Å². The van der Waals surface area contributed by atoms with Gasteiger partial charge in [-0.05, 0) is 24.1 Å². The number of nitrogens with zero attached hydrogens (tertiary/aromatic N) is 2. The molecule has 0 aromatic heterocycles. The van der Waals surface area contributed by atoms with Crippen molar-refractivity contribution >= 4 is 17.6 Å². The maximum Gasteiger partial charge on any atom is 0.317 e. The lowest BCUT2D eigenvalue weighted by molar-refractivity contribution is -0.117. The summed E-state index contributed by atoms with van der Waals surface area (Å²) in [5.41, 5.74) is 1.79. The molecule has 1 aromatic rings. The number of urea groups is 1. The Hall–Kier alpha value is -2.12. The van der Waals surface area contributed by atoms with Gasteiger partial charge >= 0.3 is 6.03 Å². The molecule has 1 saturated heterocycles. The number of benzene rings is 1. The average Bonchev–Trinajstić information content (AvgIpc) is 2.99. The highest BCUT2D eigenvalue weighted by molar-refractivity contribution is 5.95. The van der Waals surface area contributed by atoms with Crippen LogP contribution in [0.15, 0.2) is 24.3 Å². The number of carbonyl (C=O) groups is 2. The molecule has 24 heavy (non-hydrogen) atoms. The summed E-state index contributed by atoms with van der Waals surface area (Å²) < 4.78 is 4.84. The molecule has 7 nitrogen and oxygen atoms in total. The fraction of sp³-hybridized carbons (Fsp3) is 0.529. The van der Waals surface area contributed by atoms with E-state index in [-0.39, 0.29) is 25.1 Å². The van der Waals surface area contributed by atoms with Gasteiger partial charge in [0.15, 0.2) is 0 Å². The number of nitrogens with one attached hydrogen (secondary N) is 1. The SMILES string of the molecule is COC[C@H](O)CN(C)C(=O)NCc1cccc(N2CCCC2=O)c1. The third kappa shape index (κ3) is 4.94. The first kappa shape index (κ1) is 18.2. The number of rotatable bonds is 7. The van der Waals surface area contributed by atoms with Gasteiger partial charge in [0.05, 0.1) is 19.3 Å². The molecule has 0 bridgehead atoms. The molecule has 7 heteroatoms. The van der Waals surface area contributed by atoms with Crippen LogP contribution in [0.3, 0.4) is 0 Å². The molecule has 0 aliphatic carbocycles. The van der Waals surface area contributed by atoms with Crippen LogP contribution in [-0.2, 0) is 16.1 Å². The molecular formula is C17H25N3O4. The number of likely N-dealkylation sites (N-methyl/N-ethyl adjacent to an activating group) is 1. The summed E-state index contributed by atoms with van der Waals surface area (Å²) in [6.07, 6.45) is 0.763. The molecule has 2 rings (SSSR count). The van der Waals surface area contributed by atoms with Crippen molar-refractivity contribution in [2.24, 2.45) is 0 Å². The standard InChI is InChI=1S/C17H25N3O4/c1-19(11-15(21)12-24-2)17(23)18-10-13-5-3-6-14(9-13)20-8-4-7-16(20)22/h3,5-6,9,15,21H,4,7-8,10-12H2,1-2H3,(H,18,23)/t15-/m1/s1. The van der Waals surface area contributed by atoms with E-state index < -0.39 is 6.10 Å². The number of methoxy groups -OCH3 is 1. The molecule has 0 unspecified atom stereocenters. The number of aliphatic hydroxyl groups is 1. The second-order valence-corrected chi connectivity index (χ2v) is 5.97. The normalized spacial score (nSPS) is 15.5. The Kier molecular flexibility index (Phi) is 6.57. The van der Waals surface area contributed by atoms with Gasteiger partial charge in [-0.25, -0.2) is 4.79 Å². The Bertz CT molecular complexity index is 579. The molecule has 1 fully saturated rings. The van der Waals surface area contributed by atoms with E-state index >= 15 is 0 Å². The van der Waals surface area contributed by atoms with Crippen LogP contribution in [0, 0.1) is 0 Å². The van der Waals surface area contributed by atoms with E-state index in [1.54, 1.807) is 11.9 Å². The largest absolute Gasteiger partial charge is 0.389 e. The second-order valence-electron chi connectivity index (χ2n) is 5.97.